The predicted molar refractivity (Wildman–Crippen MR) is 206 cm³/mol. The number of ether oxygens (including phenoxy) is 4. The van der Waals surface area contributed by atoms with E-state index in [1.54, 1.807) is 20.8 Å². The Kier molecular flexibility index (Phi) is 14.0. The Labute approximate surface area is 313 Å². The van der Waals surface area contributed by atoms with E-state index in [-0.39, 0.29) is 42.9 Å². The molecule has 0 atom stereocenters. The lowest BCUT2D eigenvalue weighted by molar-refractivity contribution is -0.139. The van der Waals surface area contributed by atoms with Crippen molar-refractivity contribution in [3.05, 3.63) is 70.9 Å². The van der Waals surface area contributed by atoms with Crippen molar-refractivity contribution in [1.29, 1.82) is 0 Å². The van der Waals surface area contributed by atoms with Crippen molar-refractivity contribution in [2.45, 2.75) is 98.7 Å². The van der Waals surface area contributed by atoms with Crippen LogP contribution in [0.5, 0.6) is 5.75 Å². The van der Waals surface area contributed by atoms with E-state index in [2.05, 4.69) is 37.0 Å². The van der Waals surface area contributed by atoms with Gasteiger partial charge in [-0.3, -0.25) is 9.20 Å². The Balaban J connectivity index is 0.000000828. The number of esters is 1. The first-order valence-electron chi connectivity index (χ1n) is 18.6. The van der Waals surface area contributed by atoms with Gasteiger partial charge < -0.3 is 29.0 Å². The lowest BCUT2D eigenvalue weighted by atomic mass is 9.91. The van der Waals surface area contributed by atoms with E-state index in [1.807, 2.05) is 44.3 Å². The molecule has 0 aliphatic carbocycles. The van der Waals surface area contributed by atoms with Gasteiger partial charge in [0.2, 0.25) is 0 Å². The van der Waals surface area contributed by atoms with E-state index < -0.39 is 17.2 Å². The monoisotopic (exact) mass is 737 g/mol. The van der Waals surface area contributed by atoms with Crippen LogP contribution in [0.15, 0.2) is 42.6 Å². The van der Waals surface area contributed by atoms with Crippen molar-refractivity contribution in [3.63, 3.8) is 0 Å². The average Bonchev–Trinajstić information content (AvgIpc) is 3.54. The highest BCUT2D eigenvalue weighted by Crippen LogP contribution is 2.40. The van der Waals surface area contributed by atoms with Crippen molar-refractivity contribution >= 4 is 17.4 Å². The zero-order valence-corrected chi connectivity index (χ0v) is 33.1. The molecular weight excluding hydrogens is 680 g/mol. The highest BCUT2D eigenvalue weighted by Gasteiger charge is 2.34. The quantitative estimate of drug-likeness (QED) is 0.165. The van der Waals surface area contributed by atoms with Crippen molar-refractivity contribution in [3.8, 4) is 28.1 Å². The fraction of sp³-hybridized carbons (Fsp3) is 0.524. The Bertz CT molecular complexity index is 1850. The minimum atomic E-state index is -0.982. The normalized spacial score (nSPS) is 15.8. The van der Waals surface area contributed by atoms with Crippen LogP contribution in [0.25, 0.3) is 28.0 Å². The van der Waals surface area contributed by atoms with Gasteiger partial charge in [0, 0.05) is 47.6 Å². The second-order valence-corrected chi connectivity index (χ2v) is 14.8. The molecule has 5 heterocycles. The largest absolute Gasteiger partial charge is 0.490 e. The number of pyridine rings is 1. The number of carbonyl (C=O) groups is 1. The van der Waals surface area contributed by atoms with Crippen molar-refractivity contribution < 1.29 is 37.6 Å². The Morgan fingerprint density at radius 1 is 1.02 bits per heavy atom. The van der Waals surface area contributed by atoms with Crippen LogP contribution in [-0.4, -0.2) is 78.3 Å². The van der Waals surface area contributed by atoms with Crippen LogP contribution in [0.2, 0.25) is 0 Å². The van der Waals surface area contributed by atoms with Crippen molar-refractivity contribution in [2.24, 2.45) is 0 Å². The van der Waals surface area contributed by atoms with E-state index in [4.69, 9.17) is 29.0 Å². The number of hydrogen-bond acceptors (Lipinski definition) is 8. The van der Waals surface area contributed by atoms with Gasteiger partial charge in [0.15, 0.2) is 11.6 Å². The van der Waals surface area contributed by atoms with Crippen molar-refractivity contribution in [1.82, 2.24) is 9.38 Å². The van der Waals surface area contributed by atoms with Gasteiger partial charge in [-0.1, -0.05) is 45.9 Å². The summed E-state index contributed by atoms with van der Waals surface area (Å²) in [5.74, 6) is -0.961. The molecule has 0 radical (unpaired) electrons. The van der Waals surface area contributed by atoms with Crippen LogP contribution in [-0.2, 0) is 25.4 Å². The topological polar surface area (TPSA) is 94.8 Å². The molecule has 3 aliphatic heterocycles. The molecular formula is C42H57F2N3O6. The maximum Gasteiger partial charge on any atom is 0.310 e. The predicted octanol–water partition coefficient (Wildman–Crippen LogP) is 8.68. The number of anilines is 1. The maximum atomic E-state index is 14.6. The minimum Gasteiger partial charge on any atom is -0.490 e. The van der Waals surface area contributed by atoms with Crippen LogP contribution >= 0.6 is 0 Å². The van der Waals surface area contributed by atoms with Gasteiger partial charge in [0.05, 0.1) is 50.2 Å². The van der Waals surface area contributed by atoms with Gasteiger partial charge in [-0.05, 0) is 76.6 Å². The van der Waals surface area contributed by atoms with Gasteiger partial charge in [0.1, 0.15) is 23.8 Å². The second-order valence-electron chi connectivity index (χ2n) is 14.8. The summed E-state index contributed by atoms with van der Waals surface area (Å²) in [6.45, 7) is 20.4. The molecule has 9 nitrogen and oxygen atoms in total. The van der Waals surface area contributed by atoms with E-state index in [0.717, 1.165) is 77.5 Å². The number of carbonyl (C=O) groups excluding carboxylic acids is 1. The molecule has 4 aromatic rings. The Hall–Kier alpha value is -4.06. The first kappa shape index (κ1) is 41.7. The molecule has 0 amide bonds. The third-order valence-electron chi connectivity index (χ3n) is 9.20. The summed E-state index contributed by atoms with van der Waals surface area (Å²) < 4.78 is 54.2. The molecule has 0 unspecified atom stereocenters. The summed E-state index contributed by atoms with van der Waals surface area (Å²) in [5, 5.41) is 8.52. The number of aliphatic hydroxyl groups is 1. The molecule has 2 aromatic carbocycles. The second kappa shape index (κ2) is 17.8. The first-order chi connectivity index (χ1) is 25.1. The third-order valence-corrected chi connectivity index (χ3v) is 9.20. The number of halogens is 2. The fourth-order valence-electron chi connectivity index (χ4n) is 6.69. The summed E-state index contributed by atoms with van der Waals surface area (Å²) in [5.41, 5.74) is 5.62. The molecule has 1 N–H and O–H groups in total. The standard InChI is InChI=1S/C36H41F2N3O5.C4H10O.C2H6/c1-22(2)33-23(3)26(19-32(42)43-5)35-40-11-9-36(4,10-12-40)46-16-14-44-13-15-45-31-20-29(38)28(37)18-27(31)24-7-6-8-25(17-24)30-21-41(35)34(33)39-30;1-4(2,3)5;1-2/h6-8,17-18,20-22H,9-16,19H2,1-5H3;5H,1-3H3;1-2H3. The number of fused-ring (bicyclic) bond motifs is 8. The smallest absolute Gasteiger partial charge is 0.310 e. The van der Waals surface area contributed by atoms with Crippen LogP contribution in [0.3, 0.4) is 0 Å². The number of hydrogen-bond donors (Lipinski definition) is 1. The first-order valence-corrected chi connectivity index (χ1v) is 18.6. The highest BCUT2D eigenvalue weighted by atomic mass is 19.2. The number of benzene rings is 2. The van der Waals surface area contributed by atoms with Gasteiger partial charge in [-0.25, -0.2) is 13.8 Å². The van der Waals surface area contributed by atoms with Crippen LogP contribution in [0, 0.1) is 18.6 Å². The average molecular weight is 738 g/mol. The summed E-state index contributed by atoms with van der Waals surface area (Å²) >= 11 is 0. The maximum absolute atomic E-state index is 14.6. The number of piperidine rings is 1. The molecule has 2 aromatic heterocycles. The molecule has 1 fully saturated rings. The molecule has 53 heavy (non-hydrogen) atoms. The molecule has 6 bridgehead atoms. The molecule has 1 saturated heterocycles. The molecule has 0 spiro atoms. The number of methoxy groups -OCH3 is 1. The van der Waals surface area contributed by atoms with E-state index in [0.29, 0.717) is 24.3 Å². The summed E-state index contributed by atoms with van der Waals surface area (Å²) in [7, 11) is 1.41. The SMILES string of the molecule is CC.CC(C)(C)O.COC(=O)Cc1c(C)c(C(C)C)c2nc3cn2c1N1CCC(C)(CC1)OCCOCCOc1cc(F)c(F)cc1-c1cccc-3c1. The Morgan fingerprint density at radius 3 is 2.28 bits per heavy atom. The molecule has 3 aliphatic rings. The number of rotatable bonds is 3. The molecule has 11 heteroatoms. The molecule has 290 valence electrons. The van der Waals surface area contributed by atoms with Crippen LogP contribution in [0.1, 0.15) is 90.8 Å². The van der Waals surface area contributed by atoms with E-state index >= 15 is 0 Å². The summed E-state index contributed by atoms with van der Waals surface area (Å²) in [6, 6.07) is 9.82. The van der Waals surface area contributed by atoms with E-state index in [1.165, 1.54) is 7.11 Å². The Morgan fingerprint density at radius 2 is 1.64 bits per heavy atom. The van der Waals surface area contributed by atoms with Crippen LogP contribution in [0.4, 0.5) is 14.6 Å². The lowest BCUT2D eigenvalue weighted by Crippen LogP contribution is -2.45. The van der Waals surface area contributed by atoms with Gasteiger partial charge in [-0.15, -0.1) is 0 Å². The summed E-state index contributed by atoms with van der Waals surface area (Å²) in [4.78, 5) is 20.3. The fourth-order valence-corrected chi connectivity index (χ4v) is 6.69. The van der Waals surface area contributed by atoms with E-state index in [9.17, 15) is 13.6 Å². The number of imidazole rings is 1. The zero-order valence-electron chi connectivity index (χ0n) is 33.1. The van der Waals surface area contributed by atoms with Gasteiger partial charge in [0.25, 0.3) is 0 Å². The molecule has 0 saturated carbocycles. The lowest BCUT2D eigenvalue weighted by Gasteiger charge is -2.41. The van der Waals surface area contributed by atoms with Gasteiger partial charge in [-0.2, -0.15) is 0 Å². The third kappa shape index (κ3) is 10.3. The molecule has 7 rings (SSSR count). The number of aromatic nitrogens is 2. The highest BCUT2D eigenvalue weighted by molar-refractivity contribution is 5.80. The minimum absolute atomic E-state index is 0.131. The summed E-state index contributed by atoms with van der Waals surface area (Å²) in [6.07, 6.45) is 3.74. The zero-order chi connectivity index (χ0) is 39.1. The number of nitrogens with zero attached hydrogens (tertiary/aromatic N) is 3. The van der Waals surface area contributed by atoms with Crippen LogP contribution < -0.4 is 9.64 Å². The van der Waals surface area contributed by atoms with Crippen molar-refractivity contribution in [2.75, 3.05) is 51.5 Å². The van der Waals surface area contributed by atoms with Gasteiger partial charge >= 0.3 is 5.97 Å².